The van der Waals surface area contributed by atoms with Gasteiger partial charge in [0.1, 0.15) is 0 Å². The number of amides is 1. The summed E-state index contributed by atoms with van der Waals surface area (Å²) < 4.78 is 5.11. The molecule has 2 N–H and O–H groups in total. The first kappa shape index (κ1) is 13.3. The number of hydrogen-bond acceptors (Lipinski definition) is 5. The summed E-state index contributed by atoms with van der Waals surface area (Å²) in [6, 6.07) is 5.33. The number of aliphatic carboxylic acids is 1. The number of aryl methyl sites for hydroxylation is 1. The number of nitrogens with zero attached hydrogens (tertiary/aromatic N) is 2. The molecule has 0 bridgehead atoms. The van der Waals surface area contributed by atoms with E-state index in [1.54, 1.807) is 12.1 Å². The lowest BCUT2D eigenvalue weighted by Gasteiger charge is -2.08. The highest BCUT2D eigenvalue weighted by Gasteiger charge is 2.48. The summed E-state index contributed by atoms with van der Waals surface area (Å²) in [5, 5.41) is 19.0. The second kappa shape index (κ2) is 5.01. The number of rotatable bonds is 4. The molecule has 21 heavy (non-hydrogen) atoms. The van der Waals surface area contributed by atoms with E-state index in [-0.39, 0.29) is 5.91 Å². The Labute approximate surface area is 120 Å². The van der Waals surface area contributed by atoms with Crippen molar-refractivity contribution in [2.75, 3.05) is 5.32 Å². The molecule has 2 unspecified atom stereocenters. The van der Waals surface area contributed by atoms with Crippen molar-refractivity contribution >= 4 is 17.6 Å². The number of carbonyl (C=O) groups excluding carboxylic acids is 1. The minimum absolute atomic E-state index is 0.254. The molecule has 1 saturated carbocycles. The van der Waals surface area contributed by atoms with Crippen molar-refractivity contribution in [1.82, 2.24) is 10.2 Å². The average molecular weight is 287 g/mol. The van der Waals surface area contributed by atoms with Gasteiger partial charge in [-0.05, 0) is 37.1 Å². The van der Waals surface area contributed by atoms with Crippen LogP contribution in [0.15, 0.2) is 29.0 Å². The first-order valence-electron chi connectivity index (χ1n) is 6.47. The molecule has 1 aromatic carbocycles. The maximum Gasteiger partial charge on any atom is 0.307 e. The fourth-order valence-corrected chi connectivity index (χ4v) is 2.22. The number of benzene rings is 1. The number of carboxylic acid groups (broad SMARTS) is 1. The van der Waals surface area contributed by atoms with Crippen LogP contribution in [-0.2, 0) is 9.59 Å². The fraction of sp³-hybridized carbons (Fsp3) is 0.286. The molecule has 0 saturated heterocycles. The van der Waals surface area contributed by atoms with Crippen LogP contribution in [0.3, 0.4) is 0 Å². The van der Waals surface area contributed by atoms with Crippen LogP contribution in [0.1, 0.15) is 12.0 Å². The molecule has 2 atom stereocenters. The first-order valence-corrected chi connectivity index (χ1v) is 6.47. The van der Waals surface area contributed by atoms with Crippen LogP contribution in [-0.4, -0.2) is 27.2 Å². The Morgan fingerprint density at radius 2 is 2.19 bits per heavy atom. The molecule has 1 fully saturated rings. The van der Waals surface area contributed by atoms with Gasteiger partial charge in [-0.1, -0.05) is 0 Å². The van der Waals surface area contributed by atoms with Gasteiger partial charge in [0.2, 0.25) is 18.2 Å². The Morgan fingerprint density at radius 3 is 2.76 bits per heavy atom. The predicted octanol–water partition coefficient (Wildman–Crippen LogP) is 1.70. The van der Waals surface area contributed by atoms with Crippen LogP contribution >= 0.6 is 0 Å². The number of nitrogens with one attached hydrogen (secondary N) is 1. The monoisotopic (exact) mass is 287 g/mol. The molecule has 0 aliphatic heterocycles. The van der Waals surface area contributed by atoms with E-state index in [0.29, 0.717) is 18.0 Å². The van der Waals surface area contributed by atoms with Gasteiger partial charge < -0.3 is 14.8 Å². The third-order valence-corrected chi connectivity index (χ3v) is 3.54. The fourth-order valence-electron chi connectivity index (χ4n) is 2.22. The molecule has 1 amide bonds. The van der Waals surface area contributed by atoms with E-state index in [1.807, 2.05) is 13.0 Å². The molecule has 2 aromatic rings. The lowest BCUT2D eigenvalue weighted by atomic mass is 10.1. The van der Waals surface area contributed by atoms with Crippen molar-refractivity contribution in [1.29, 1.82) is 0 Å². The predicted molar refractivity (Wildman–Crippen MR) is 72.3 cm³/mol. The van der Waals surface area contributed by atoms with Gasteiger partial charge in [-0.15, -0.1) is 10.2 Å². The topological polar surface area (TPSA) is 105 Å². The van der Waals surface area contributed by atoms with Gasteiger partial charge in [-0.2, -0.15) is 0 Å². The number of aromatic nitrogens is 2. The van der Waals surface area contributed by atoms with Crippen LogP contribution in [0.5, 0.6) is 0 Å². The van der Waals surface area contributed by atoms with Gasteiger partial charge in [0, 0.05) is 11.3 Å². The van der Waals surface area contributed by atoms with E-state index >= 15 is 0 Å². The number of carbonyl (C=O) groups is 2. The molecular formula is C14H13N3O4. The largest absolute Gasteiger partial charge is 0.481 e. The normalized spacial score (nSPS) is 20.0. The average Bonchev–Trinajstić information content (AvgIpc) is 3.08. The van der Waals surface area contributed by atoms with E-state index < -0.39 is 17.8 Å². The summed E-state index contributed by atoms with van der Waals surface area (Å²) >= 11 is 0. The molecular weight excluding hydrogens is 274 g/mol. The van der Waals surface area contributed by atoms with Crippen LogP contribution in [0.4, 0.5) is 5.69 Å². The molecule has 7 nitrogen and oxygen atoms in total. The molecule has 108 valence electrons. The second-order valence-corrected chi connectivity index (χ2v) is 5.05. The minimum Gasteiger partial charge on any atom is -0.481 e. The molecule has 7 heteroatoms. The zero-order valence-electron chi connectivity index (χ0n) is 11.2. The van der Waals surface area contributed by atoms with Crippen molar-refractivity contribution in [2.45, 2.75) is 13.3 Å². The molecule has 1 aliphatic rings. The summed E-state index contributed by atoms with van der Waals surface area (Å²) in [5.74, 6) is -1.75. The minimum atomic E-state index is -0.918. The smallest absolute Gasteiger partial charge is 0.307 e. The Morgan fingerprint density at radius 1 is 1.38 bits per heavy atom. The first-order chi connectivity index (χ1) is 10.1. The molecule has 0 spiro atoms. The van der Waals surface area contributed by atoms with Gasteiger partial charge >= 0.3 is 5.97 Å². The molecule has 3 rings (SSSR count). The molecule has 1 heterocycles. The summed E-state index contributed by atoms with van der Waals surface area (Å²) in [7, 11) is 0. The van der Waals surface area contributed by atoms with Gasteiger partial charge in [-0.3, -0.25) is 9.59 Å². The van der Waals surface area contributed by atoms with Crippen molar-refractivity contribution < 1.29 is 19.1 Å². The Kier molecular flexibility index (Phi) is 3.17. The van der Waals surface area contributed by atoms with E-state index in [0.717, 1.165) is 11.1 Å². The summed E-state index contributed by atoms with van der Waals surface area (Å²) in [6.45, 7) is 1.84. The highest BCUT2D eigenvalue weighted by molar-refractivity contribution is 5.98. The highest BCUT2D eigenvalue weighted by Crippen LogP contribution is 2.39. The Hall–Kier alpha value is -2.70. The second-order valence-electron chi connectivity index (χ2n) is 5.05. The van der Waals surface area contributed by atoms with Crippen LogP contribution in [0.25, 0.3) is 11.5 Å². The zero-order valence-corrected chi connectivity index (χ0v) is 11.2. The van der Waals surface area contributed by atoms with Gasteiger partial charge in [0.25, 0.3) is 0 Å². The maximum absolute atomic E-state index is 11.9. The third-order valence-electron chi connectivity index (χ3n) is 3.54. The van der Waals surface area contributed by atoms with Crippen LogP contribution < -0.4 is 5.32 Å². The number of anilines is 1. The van der Waals surface area contributed by atoms with E-state index in [9.17, 15) is 9.59 Å². The molecule has 1 aliphatic carbocycles. The van der Waals surface area contributed by atoms with Crippen LogP contribution in [0, 0.1) is 18.8 Å². The third kappa shape index (κ3) is 2.62. The Bertz CT molecular complexity index is 696. The van der Waals surface area contributed by atoms with Crippen LogP contribution in [0.2, 0.25) is 0 Å². The van der Waals surface area contributed by atoms with Crippen molar-refractivity contribution in [3.05, 3.63) is 30.2 Å². The number of hydrogen-bond donors (Lipinski definition) is 2. The van der Waals surface area contributed by atoms with Crippen molar-refractivity contribution in [3.63, 3.8) is 0 Å². The van der Waals surface area contributed by atoms with Crippen molar-refractivity contribution in [2.24, 2.45) is 11.8 Å². The number of carboxylic acids is 1. The van der Waals surface area contributed by atoms with Gasteiger partial charge in [0.15, 0.2) is 0 Å². The lowest BCUT2D eigenvalue weighted by molar-refractivity contribution is -0.139. The zero-order chi connectivity index (χ0) is 15.0. The van der Waals surface area contributed by atoms with E-state index in [4.69, 9.17) is 9.52 Å². The van der Waals surface area contributed by atoms with Gasteiger partial charge in [-0.25, -0.2) is 0 Å². The quantitative estimate of drug-likeness (QED) is 0.886. The standard InChI is InChI=1S/C14H13N3O4/c1-7-4-8(13-17-15-6-21-13)2-3-11(7)16-12(18)9-5-10(9)14(19)20/h2-4,6,9-10H,5H2,1H3,(H,16,18)(H,19,20). The Balaban J connectivity index is 1.72. The summed E-state index contributed by atoms with van der Waals surface area (Å²) in [4.78, 5) is 22.7. The van der Waals surface area contributed by atoms with E-state index in [1.165, 1.54) is 6.39 Å². The molecule has 1 aromatic heterocycles. The molecule has 0 radical (unpaired) electrons. The van der Waals surface area contributed by atoms with Crippen molar-refractivity contribution in [3.8, 4) is 11.5 Å². The summed E-state index contributed by atoms with van der Waals surface area (Å²) in [6.07, 6.45) is 1.65. The highest BCUT2D eigenvalue weighted by atomic mass is 16.4. The van der Waals surface area contributed by atoms with Gasteiger partial charge in [0.05, 0.1) is 11.8 Å². The SMILES string of the molecule is Cc1cc(-c2nnco2)ccc1NC(=O)C1CC1C(=O)O. The van der Waals surface area contributed by atoms with E-state index in [2.05, 4.69) is 15.5 Å². The summed E-state index contributed by atoms with van der Waals surface area (Å²) in [5.41, 5.74) is 2.25. The maximum atomic E-state index is 11.9. The lowest BCUT2D eigenvalue weighted by Crippen LogP contribution is -2.17.